The van der Waals surface area contributed by atoms with E-state index in [0.717, 1.165) is 12.0 Å². The lowest BCUT2D eigenvalue weighted by molar-refractivity contribution is 0.397. The molecule has 0 spiro atoms. The molecule has 3 heterocycles. The second-order valence-corrected chi connectivity index (χ2v) is 5.38. The van der Waals surface area contributed by atoms with Gasteiger partial charge in [0.05, 0.1) is 17.7 Å². The van der Waals surface area contributed by atoms with Crippen molar-refractivity contribution in [3.05, 3.63) is 23.3 Å². The average Bonchev–Trinajstić information content (AvgIpc) is 3.13. The van der Waals surface area contributed by atoms with Gasteiger partial charge in [-0.1, -0.05) is 12.1 Å². The number of anilines is 1. The molecule has 0 atom stereocenters. The minimum Gasteiger partial charge on any atom is -0.481 e. The quantitative estimate of drug-likeness (QED) is 0.789. The zero-order valence-electron chi connectivity index (χ0n) is 11.5. The summed E-state index contributed by atoms with van der Waals surface area (Å²) in [5, 5.41) is 4.60. The number of nitrogens with zero attached hydrogens (tertiary/aromatic N) is 4. The molecule has 0 radical (unpaired) electrons. The lowest BCUT2D eigenvalue weighted by atomic mass is 10.2. The first-order chi connectivity index (χ1) is 10.2. The van der Waals surface area contributed by atoms with E-state index < -0.39 is 0 Å². The molecule has 7 nitrogen and oxygen atoms in total. The molecule has 0 bridgehead atoms. The van der Waals surface area contributed by atoms with Crippen LogP contribution >= 0.6 is 11.3 Å². The molecule has 0 aliphatic heterocycles. The summed E-state index contributed by atoms with van der Waals surface area (Å²) in [6.07, 6.45) is 2.30. The van der Waals surface area contributed by atoms with E-state index in [2.05, 4.69) is 27.0 Å². The second kappa shape index (κ2) is 5.49. The van der Waals surface area contributed by atoms with Crippen molar-refractivity contribution < 1.29 is 9.26 Å². The number of hydrogen-bond acceptors (Lipinski definition) is 8. The van der Waals surface area contributed by atoms with Gasteiger partial charge in [-0.2, -0.15) is 4.98 Å². The normalized spacial score (nSPS) is 10.8. The van der Waals surface area contributed by atoms with Crippen molar-refractivity contribution in [2.24, 2.45) is 0 Å². The molecule has 0 aliphatic rings. The number of hydrogen-bond donors (Lipinski definition) is 1. The molecule has 3 rings (SSSR count). The van der Waals surface area contributed by atoms with Crippen LogP contribution in [0.4, 0.5) is 5.00 Å². The van der Waals surface area contributed by atoms with Gasteiger partial charge in [0.2, 0.25) is 11.7 Å². The summed E-state index contributed by atoms with van der Waals surface area (Å²) < 4.78 is 10.3. The van der Waals surface area contributed by atoms with Gasteiger partial charge in [0, 0.05) is 10.9 Å². The van der Waals surface area contributed by atoms with Crippen molar-refractivity contribution in [3.8, 4) is 28.9 Å². The van der Waals surface area contributed by atoms with Crippen LogP contribution in [-0.4, -0.2) is 27.2 Å². The van der Waals surface area contributed by atoms with Crippen LogP contribution in [0.1, 0.15) is 11.8 Å². The molecule has 0 aromatic carbocycles. The van der Waals surface area contributed by atoms with Crippen LogP contribution in [0.25, 0.3) is 23.0 Å². The van der Waals surface area contributed by atoms with E-state index in [4.69, 9.17) is 15.0 Å². The Morgan fingerprint density at radius 2 is 2.19 bits per heavy atom. The third-order valence-electron chi connectivity index (χ3n) is 2.90. The molecule has 0 amide bonds. The number of nitrogen functional groups attached to an aromatic ring is 1. The third kappa shape index (κ3) is 2.57. The largest absolute Gasteiger partial charge is 0.481 e. The Morgan fingerprint density at radius 3 is 2.90 bits per heavy atom. The monoisotopic (exact) mass is 303 g/mol. The van der Waals surface area contributed by atoms with Crippen molar-refractivity contribution in [2.75, 3.05) is 12.8 Å². The SMILES string of the molecule is CCc1cc(-c2nc(-c3cc(OC)ncn3)no2)c(N)s1. The van der Waals surface area contributed by atoms with E-state index in [1.54, 1.807) is 6.07 Å². The second-order valence-electron chi connectivity index (χ2n) is 4.21. The van der Waals surface area contributed by atoms with Crippen LogP contribution < -0.4 is 10.5 Å². The van der Waals surface area contributed by atoms with E-state index in [-0.39, 0.29) is 0 Å². The minimum absolute atomic E-state index is 0.370. The molecule has 8 heteroatoms. The number of aromatic nitrogens is 4. The topological polar surface area (TPSA) is 100.0 Å². The third-order valence-corrected chi connectivity index (χ3v) is 4.01. The summed E-state index contributed by atoms with van der Waals surface area (Å²) >= 11 is 1.52. The summed E-state index contributed by atoms with van der Waals surface area (Å²) in [5.41, 5.74) is 7.28. The van der Waals surface area contributed by atoms with Gasteiger partial charge in [-0.15, -0.1) is 11.3 Å². The highest BCUT2D eigenvalue weighted by Gasteiger charge is 2.16. The Hall–Kier alpha value is -2.48. The van der Waals surface area contributed by atoms with E-state index in [1.165, 1.54) is 29.7 Å². The fourth-order valence-corrected chi connectivity index (χ4v) is 2.67. The van der Waals surface area contributed by atoms with E-state index in [9.17, 15) is 0 Å². The smallest absolute Gasteiger partial charge is 0.261 e. The first kappa shape index (κ1) is 13.5. The summed E-state index contributed by atoms with van der Waals surface area (Å²) in [4.78, 5) is 13.6. The Bertz CT molecular complexity index is 768. The zero-order valence-corrected chi connectivity index (χ0v) is 12.3. The molecule has 0 fully saturated rings. The molecule has 0 saturated carbocycles. The maximum atomic E-state index is 5.99. The van der Waals surface area contributed by atoms with Crippen LogP contribution in [0.3, 0.4) is 0 Å². The van der Waals surface area contributed by atoms with Crippen LogP contribution in [0.15, 0.2) is 23.0 Å². The number of rotatable bonds is 4. The van der Waals surface area contributed by atoms with Crippen molar-refractivity contribution in [3.63, 3.8) is 0 Å². The van der Waals surface area contributed by atoms with Gasteiger partial charge in [-0.3, -0.25) is 0 Å². The Morgan fingerprint density at radius 1 is 1.33 bits per heavy atom. The Balaban J connectivity index is 1.97. The van der Waals surface area contributed by atoms with Gasteiger partial charge in [0.15, 0.2) is 0 Å². The zero-order chi connectivity index (χ0) is 14.8. The van der Waals surface area contributed by atoms with Gasteiger partial charge >= 0.3 is 0 Å². The lowest BCUT2D eigenvalue weighted by Gasteiger charge is -1.97. The molecule has 3 aromatic heterocycles. The first-order valence-electron chi connectivity index (χ1n) is 6.30. The number of thiophene rings is 1. The van der Waals surface area contributed by atoms with Gasteiger partial charge in [-0.25, -0.2) is 9.97 Å². The van der Waals surface area contributed by atoms with Crippen molar-refractivity contribution in [1.29, 1.82) is 0 Å². The number of aryl methyl sites for hydroxylation is 1. The summed E-state index contributed by atoms with van der Waals surface area (Å²) in [7, 11) is 1.53. The van der Waals surface area contributed by atoms with Gasteiger partial charge in [0.25, 0.3) is 5.89 Å². The molecular weight excluding hydrogens is 290 g/mol. The average molecular weight is 303 g/mol. The molecule has 2 N–H and O–H groups in total. The maximum Gasteiger partial charge on any atom is 0.261 e. The molecular formula is C13H13N5O2S. The first-order valence-corrected chi connectivity index (χ1v) is 7.11. The van der Waals surface area contributed by atoms with Crippen molar-refractivity contribution >= 4 is 16.3 Å². The molecule has 0 unspecified atom stereocenters. The fraction of sp³-hybridized carbons (Fsp3) is 0.231. The van der Waals surface area contributed by atoms with Crippen molar-refractivity contribution in [1.82, 2.24) is 20.1 Å². The summed E-state index contributed by atoms with van der Waals surface area (Å²) in [5.74, 6) is 1.19. The summed E-state index contributed by atoms with van der Waals surface area (Å²) in [6, 6.07) is 3.61. The molecule has 108 valence electrons. The van der Waals surface area contributed by atoms with Crippen LogP contribution in [0.2, 0.25) is 0 Å². The van der Waals surface area contributed by atoms with Gasteiger partial charge < -0.3 is 15.0 Å². The highest BCUT2D eigenvalue weighted by molar-refractivity contribution is 7.16. The number of nitrogens with two attached hydrogens (primary N) is 1. The predicted molar refractivity (Wildman–Crippen MR) is 79.0 cm³/mol. The van der Waals surface area contributed by atoms with Gasteiger partial charge in [0.1, 0.15) is 12.0 Å². The maximum absolute atomic E-state index is 5.99. The highest BCUT2D eigenvalue weighted by atomic mass is 32.1. The lowest BCUT2D eigenvalue weighted by Crippen LogP contribution is -1.92. The molecule has 21 heavy (non-hydrogen) atoms. The minimum atomic E-state index is 0.370. The van der Waals surface area contributed by atoms with E-state index >= 15 is 0 Å². The number of ether oxygens (including phenoxy) is 1. The fourth-order valence-electron chi connectivity index (χ4n) is 1.81. The molecule has 3 aromatic rings. The highest BCUT2D eigenvalue weighted by Crippen LogP contribution is 2.34. The Labute approximate surface area is 124 Å². The molecule has 0 saturated heterocycles. The summed E-state index contributed by atoms with van der Waals surface area (Å²) in [6.45, 7) is 2.07. The molecule has 0 aliphatic carbocycles. The van der Waals surface area contributed by atoms with Crippen LogP contribution in [0.5, 0.6) is 5.88 Å². The van der Waals surface area contributed by atoms with E-state index in [1.807, 2.05) is 6.07 Å². The standard InChI is InChI=1S/C13H13N5O2S/c1-3-7-4-8(11(14)21-7)13-17-12(18-20-13)9-5-10(19-2)16-6-15-9/h4-6H,3,14H2,1-2H3. The van der Waals surface area contributed by atoms with Crippen LogP contribution in [0, 0.1) is 0 Å². The van der Waals surface area contributed by atoms with E-state index in [0.29, 0.717) is 28.3 Å². The predicted octanol–water partition coefficient (Wildman–Crippen LogP) is 2.41. The van der Waals surface area contributed by atoms with Crippen LogP contribution in [-0.2, 0) is 6.42 Å². The van der Waals surface area contributed by atoms with Crippen molar-refractivity contribution in [2.45, 2.75) is 13.3 Å². The Kier molecular flexibility index (Phi) is 3.53. The number of methoxy groups -OCH3 is 1. The van der Waals surface area contributed by atoms with Gasteiger partial charge in [-0.05, 0) is 12.5 Å².